The molecule has 0 N–H and O–H groups in total. The third kappa shape index (κ3) is 6.81. The zero-order valence-corrected chi connectivity index (χ0v) is 20.6. The van der Waals surface area contributed by atoms with Crippen LogP contribution in [0.1, 0.15) is 34.8 Å². The van der Waals surface area contributed by atoms with Gasteiger partial charge in [0.1, 0.15) is 0 Å². The van der Waals surface area contributed by atoms with Gasteiger partial charge in [0.15, 0.2) is 0 Å². The molecule has 3 aromatic carbocycles. The fourth-order valence-electron chi connectivity index (χ4n) is 3.21. The summed E-state index contributed by atoms with van der Waals surface area (Å²) in [5.74, 6) is -2.69. The number of aromatic nitrogens is 2. The van der Waals surface area contributed by atoms with E-state index >= 15 is 0 Å². The third-order valence-corrected chi connectivity index (χ3v) is 4.90. The Morgan fingerprint density at radius 2 is 1.32 bits per heavy atom. The molecule has 3 heteroatoms. The molecule has 1 radical (unpaired) electrons. The zero-order valence-electron chi connectivity index (χ0n) is 25.2. The summed E-state index contributed by atoms with van der Waals surface area (Å²) in [6, 6.07) is 37.1. The van der Waals surface area contributed by atoms with E-state index in [1.54, 1.807) is 30.6 Å². The summed E-state index contributed by atoms with van der Waals surface area (Å²) in [5.41, 5.74) is 5.13. The van der Waals surface area contributed by atoms with Crippen LogP contribution in [0, 0.1) is 12.1 Å². The van der Waals surface area contributed by atoms with E-state index in [1.807, 2.05) is 72.8 Å². The second kappa shape index (κ2) is 12.7. The van der Waals surface area contributed by atoms with Crippen molar-refractivity contribution in [3.05, 3.63) is 133 Å². The van der Waals surface area contributed by atoms with Gasteiger partial charge in [0, 0.05) is 42.1 Å². The molecule has 0 unspecified atom stereocenters. The number of nitrogens with zero attached hydrogens (tertiary/aromatic N) is 2. The molecule has 5 rings (SSSR count). The minimum atomic E-state index is -2.99. The van der Waals surface area contributed by atoms with Crippen LogP contribution in [0.5, 0.6) is 0 Å². The molecule has 5 aromatic rings. The van der Waals surface area contributed by atoms with Crippen LogP contribution in [0.4, 0.5) is 0 Å². The molecular formula is C31H26IrN2-2. The molecule has 2 aromatic heterocycles. The van der Waals surface area contributed by atoms with Gasteiger partial charge in [0.2, 0.25) is 0 Å². The van der Waals surface area contributed by atoms with Crippen LogP contribution in [0.25, 0.3) is 33.6 Å². The van der Waals surface area contributed by atoms with Gasteiger partial charge in [-0.15, -0.1) is 71.8 Å². The molecule has 0 fully saturated rings. The van der Waals surface area contributed by atoms with Crippen LogP contribution < -0.4 is 0 Å². The van der Waals surface area contributed by atoms with E-state index in [0.29, 0.717) is 0 Å². The van der Waals surface area contributed by atoms with Crippen molar-refractivity contribution in [2.24, 2.45) is 0 Å². The molecule has 0 aliphatic rings. The van der Waals surface area contributed by atoms with Crippen molar-refractivity contribution in [3.8, 4) is 33.6 Å². The second-order valence-electron chi connectivity index (χ2n) is 7.15. The predicted octanol–water partition coefficient (Wildman–Crippen LogP) is 7.89. The molecule has 0 aliphatic heterocycles. The number of hydrogen-bond acceptors (Lipinski definition) is 2. The van der Waals surface area contributed by atoms with Gasteiger partial charge in [-0.25, -0.2) is 0 Å². The average molecular weight is 626 g/mol. The molecule has 0 saturated carbocycles. The van der Waals surface area contributed by atoms with E-state index in [-0.39, 0.29) is 25.7 Å². The van der Waals surface area contributed by atoms with Crippen LogP contribution in [0.15, 0.2) is 116 Å². The third-order valence-electron chi connectivity index (χ3n) is 4.90. The van der Waals surface area contributed by atoms with Crippen LogP contribution in [-0.2, 0) is 20.1 Å². The Morgan fingerprint density at radius 3 is 1.91 bits per heavy atom. The minimum absolute atomic E-state index is 0. The first kappa shape index (κ1) is 17.1. The Labute approximate surface area is 226 Å². The molecule has 34 heavy (non-hydrogen) atoms. The van der Waals surface area contributed by atoms with E-state index < -0.39 is 19.6 Å². The van der Waals surface area contributed by atoms with Crippen molar-refractivity contribution in [1.82, 2.24) is 9.97 Å². The quantitative estimate of drug-likeness (QED) is 0.190. The molecule has 0 amide bonds. The van der Waals surface area contributed by atoms with Crippen LogP contribution in [0.2, 0.25) is 0 Å². The van der Waals surface area contributed by atoms with Gasteiger partial charge in [0.25, 0.3) is 0 Å². The van der Waals surface area contributed by atoms with Gasteiger partial charge in [-0.3, -0.25) is 0 Å². The van der Waals surface area contributed by atoms with Crippen molar-refractivity contribution in [1.29, 1.82) is 0 Å². The predicted molar refractivity (Wildman–Crippen MR) is 137 cm³/mol. The zero-order chi connectivity index (χ0) is 28.8. The first-order valence-electron chi connectivity index (χ1n) is 13.9. The largest absolute Gasteiger partial charge is 0.305 e. The molecule has 0 bridgehead atoms. The summed E-state index contributed by atoms with van der Waals surface area (Å²) in [7, 11) is 0. The monoisotopic (exact) mass is 626 g/mol. The van der Waals surface area contributed by atoms with Crippen LogP contribution >= 0.6 is 0 Å². The molecular weight excluding hydrogens is 593 g/mol. The maximum absolute atomic E-state index is 8.25. The van der Waals surface area contributed by atoms with Crippen LogP contribution in [0.3, 0.4) is 0 Å². The Bertz CT molecular complexity index is 1460. The summed E-state index contributed by atoms with van der Waals surface area (Å²) in [5, 5.41) is 0. The summed E-state index contributed by atoms with van der Waals surface area (Å²) >= 11 is 0. The topological polar surface area (TPSA) is 25.8 Å². The molecule has 0 saturated heterocycles. The Kier molecular flexibility index (Phi) is 6.41. The Balaban J connectivity index is 0.000000296. The molecule has 2 nitrogen and oxygen atoms in total. The van der Waals surface area contributed by atoms with Crippen molar-refractivity contribution in [2.45, 2.75) is 19.6 Å². The number of pyridine rings is 2. The van der Waals surface area contributed by atoms with E-state index in [1.165, 1.54) is 12.1 Å². The molecule has 0 atom stereocenters. The van der Waals surface area contributed by atoms with Crippen molar-refractivity contribution in [3.63, 3.8) is 0 Å². The smallest absolute Gasteiger partial charge is 0.0347 e. The van der Waals surface area contributed by atoms with Gasteiger partial charge < -0.3 is 9.97 Å². The fraction of sp³-hybridized carbons (Fsp3) is 0.0968. The normalized spacial score (nSPS) is 14.2. The van der Waals surface area contributed by atoms with E-state index in [4.69, 9.17) is 9.60 Å². The first-order chi connectivity index (χ1) is 19.0. The Hall–Kier alpha value is -3.39. The van der Waals surface area contributed by atoms with Crippen molar-refractivity contribution >= 4 is 0 Å². The summed E-state index contributed by atoms with van der Waals surface area (Å²) in [6.07, 6.45) is 3.45. The minimum Gasteiger partial charge on any atom is -0.305 e. The maximum atomic E-state index is 8.25. The van der Waals surface area contributed by atoms with E-state index in [9.17, 15) is 0 Å². The summed E-state index contributed by atoms with van der Waals surface area (Å²) in [6.45, 7) is -5.99. The standard InChI is InChI=1S/C20H18N.C11H8N.Ir/c1-15(2)16-8-10-17(11-9-16)19-12-13-21-20(14-19)18-6-4-3-5-7-18;1-2-6-10(7-3-1)11-8-4-5-9-12-11;/h3-6,8-15H,1-2H3;1-6,8-9H;/q2*-1;/i1D3,2D3,15D;;. The molecule has 171 valence electrons. The summed E-state index contributed by atoms with van der Waals surface area (Å²) in [4.78, 5) is 8.56. The van der Waals surface area contributed by atoms with Crippen molar-refractivity contribution < 1.29 is 29.7 Å². The molecule has 0 aliphatic carbocycles. The van der Waals surface area contributed by atoms with Crippen LogP contribution in [-0.4, -0.2) is 9.97 Å². The van der Waals surface area contributed by atoms with Gasteiger partial charge in [-0.2, -0.15) is 0 Å². The molecule has 0 spiro atoms. The summed E-state index contributed by atoms with van der Waals surface area (Å²) < 4.78 is 53.8. The number of hydrogen-bond donors (Lipinski definition) is 0. The van der Waals surface area contributed by atoms with Gasteiger partial charge in [0.05, 0.1) is 0 Å². The first-order valence-corrected chi connectivity index (χ1v) is 10.4. The van der Waals surface area contributed by atoms with Gasteiger partial charge in [-0.05, 0) is 46.1 Å². The SMILES string of the molecule is [2H]C([2H])([2H])C([2H])(c1ccc(-c2ccnc(-c3[c-]cccc3)c2)cc1)C([2H])([2H])[2H].[Ir].[c-]1ccccc1-c1ccccn1. The number of rotatable bonds is 4. The second-order valence-corrected chi connectivity index (χ2v) is 7.15. The number of benzene rings is 3. The van der Waals surface area contributed by atoms with Gasteiger partial charge in [-0.1, -0.05) is 56.2 Å². The van der Waals surface area contributed by atoms with E-state index in [2.05, 4.69) is 22.1 Å². The average Bonchev–Trinajstić information content (AvgIpc) is 2.97. The Morgan fingerprint density at radius 1 is 0.676 bits per heavy atom. The van der Waals surface area contributed by atoms with E-state index in [0.717, 1.165) is 33.6 Å². The van der Waals surface area contributed by atoms with Gasteiger partial charge >= 0.3 is 0 Å². The van der Waals surface area contributed by atoms with Crippen molar-refractivity contribution in [2.75, 3.05) is 0 Å². The maximum Gasteiger partial charge on any atom is 0.0347 e. The molecule has 2 heterocycles. The fourth-order valence-corrected chi connectivity index (χ4v) is 3.21.